The van der Waals surface area contributed by atoms with Crippen molar-refractivity contribution in [3.8, 4) is 28.7 Å². The number of carbonyl (C=O) groups is 5. The van der Waals surface area contributed by atoms with Crippen molar-refractivity contribution in [2.75, 3.05) is 14.2 Å². The van der Waals surface area contributed by atoms with Crippen LogP contribution in [-0.2, 0) is 14.3 Å². The third-order valence-electron chi connectivity index (χ3n) is 9.52. The van der Waals surface area contributed by atoms with E-state index in [-0.39, 0.29) is 56.8 Å². The normalized spacial score (nSPS) is 13.9. The van der Waals surface area contributed by atoms with Crippen LogP contribution in [0.2, 0.25) is 0 Å². The molecule has 0 aliphatic heterocycles. The summed E-state index contributed by atoms with van der Waals surface area (Å²) in [6.07, 6.45) is 2.51. The van der Waals surface area contributed by atoms with Gasteiger partial charge in [-0.15, -0.1) is 0 Å². The molecule has 1 aliphatic carbocycles. The molecule has 0 amide bonds. The number of hydrogen-bond acceptors (Lipinski definition) is 11. The number of carboxylic acids is 1. The van der Waals surface area contributed by atoms with Gasteiger partial charge in [0.1, 0.15) is 51.6 Å². The summed E-state index contributed by atoms with van der Waals surface area (Å²) in [5, 5.41) is 20.7. The maximum absolute atomic E-state index is 13.6. The molecule has 51 heavy (non-hydrogen) atoms. The molecule has 3 aromatic carbocycles. The number of hydrogen-bond donors (Lipinski definition) is 2. The van der Waals surface area contributed by atoms with E-state index in [1.165, 1.54) is 32.4 Å². The van der Waals surface area contributed by atoms with Crippen molar-refractivity contribution in [2.24, 2.45) is 5.92 Å². The summed E-state index contributed by atoms with van der Waals surface area (Å²) in [5.74, 6) is -4.85. The lowest BCUT2D eigenvalue weighted by Crippen LogP contribution is -2.27. The highest BCUT2D eigenvalue weighted by Gasteiger charge is 2.33. The van der Waals surface area contributed by atoms with Crippen molar-refractivity contribution in [2.45, 2.75) is 62.3 Å². The van der Waals surface area contributed by atoms with E-state index in [4.69, 9.17) is 23.7 Å². The highest BCUT2D eigenvalue weighted by molar-refractivity contribution is 6.03. The predicted molar refractivity (Wildman–Crippen MR) is 185 cm³/mol. The maximum atomic E-state index is 13.6. The molecule has 0 radical (unpaired) electrons. The van der Waals surface area contributed by atoms with E-state index in [1.807, 2.05) is 0 Å². The Morgan fingerprint density at radius 2 is 1.10 bits per heavy atom. The van der Waals surface area contributed by atoms with Crippen LogP contribution in [0.25, 0.3) is 0 Å². The Morgan fingerprint density at radius 1 is 0.588 bits per heavy atom. The molecule has 12 nitrogen and oxygen atoms in total. The number of carbonyl (C=O) groups excluding carboxylic acids is 4. The number of aromatic carboxylic acids is 1. The topological polar surface area (TPSA) is 172 Å². The summed E-state index contributed by atoms with van der Waals surface area (Å²) >= 11 is 0. The SMILES string of the molecule is COC1=CC(=O)C=C(C)C1C(=O)Oc1cc(O)c(C(=O)Oc2cc(OC)c(C(=O)Oc3c(C)c(C)c(C(=O)O)c(C)c3C)c(C)c2C)c(C)c1C. The molecule has 1 aliphatic rings. The van der Waals surface area contributed by atoms with Gasteiger partial charge >= 0.3 is 23.9 Å². The number of phenols is 1. The lowest BCUT2D eigenvalue weighted by molar-refractivity contribution is -0.137. The maximum Gasteiger partial charge on any atom is 0.347 e. The second-order valence-electron chi connectivity index (χ2n) is 12.4. The molecule has 0 saturated heterocycles. The first kappa shape index (κ1) is 37.9. The van der Waals surface area contributed by atoms with Crippen molar-refractivity contribution >= 4 is 29.7 Å². The summed E-state index contributed by atoms with van der Waals surface area (Å²) < 4.78 is 28.0. The molecule has 0 bridgehead atoms. The number of allylic oxidation sites excluding steroid dienone is 2. The van der Waals surface area contributed by atoms with E-state index in [2.05, 4.69) is 0 Å². The molecule has 0 fully saturated rings. The van der Waals surface area contributed by atoms with E-state index >= 15 is 0 Å². The number of ether oxygens (including phenoxy) is 5. The first-order valence-corrected chi connectivity index (χ1v) is 15.8. The van der Waals surface area contributed by atoms with E-state index in [0.717, 1.165) is 6.07 Å². The zero-order valence-electron chi connectivity index (χ0n) is 30.4. The average molecular weight is 701 g/mol. The highest BCUT2D eigenvalue weighted by atomic mass is 16.6. The van der Waals surface area contributed by atoms with Crippen LogP contribution in [0.4, 0.5) is 0 Å². The fourth-order valence-electron chi connectivity index (χ4n) is 6.10. The molecule has 0 spiro atoms. The van der Waals surface area contributed by atoms with Crippen LogP contribution in [0, 0.1) is 61.3 Å². The van der Waals surface area contributed by atoms with E-state index < -0.39 is 35.5 Å². The van der Waals surface area contributed by atoms with Crippen molar-refractivity contribution in [3.05, 3.63) is 96.8 Å². The predicted octanol–water partition coefficient (Wildman–Crippen LogP) is 6.59. The summed E-state index contributed by atoms with van der Waals surface area (Å²) in [7, 11) is 2.68. The molecule has 12 heteroatoms. The van der Waals surface area contributed by atoms with Gasteiger partial charge in [-0.1, -0.05) is 0 Å². The Labute approximate surface area is 295 Å². The average Bonchev–Trinajstić information content (AvgIpc) is 3.05. The number of aromatic hydroxyl groups is 1. The van der Waals surface area contributed by atoms with Gasteiger partial charge in [-0.3, -0.25) is 9.59 Å². The van der Waals surface area contributed by atoms with Gasteiger partial charge < -0.3 is 33.9 Å². The number of rotatable bonds is 9. The molecular formula is C39H40O12. The van der Waals surface area contributed by atoms with Crippen molar-refractivity contribution in [3.63, 3.8) is 0 Å². The van der Waals surface area contributed by atoms with Gasteiger partial charge in [0.2, 0.25) is 0 Å². The standard InChI is InChI=1S/C39H40O12/c1-16-12-25(40)13-29(47-10)31(16)37(44)49-27-14-26(41)33(19(4)17(27)2)38(45)50-28-15-30(48-11)34(20(5)18(28)3)39(46)51-35-23(8)21(6)32(36(42)43)22(7)24(35)9/h12-15,31,41H,1-11H3,(H,42,43). The summed E-state index contributed by atoms with van der Waals surface area (Å²) in [4.78, 5) is 64.1. The van der Waals surface area contributed by atoms with E-state index in [0.29, 0.717) is 44.5 Å². The quantitative estimate of drug-likeness (QED) is 0.182. The molecule has 1 unspecified atom stereocenters. The third kappa shape index (κ3) is 6.94. The number of methoxy groups -OCH3 is 2. The monoisotopic (exact) mass is 700 g/mol. The van der Waals surface area contributed by atoms with Gasteiger partial charge in [0.15, 0.2) is 5.78 Å². The van der Waals surface area contributed by atoms with Gasteiger partial charge in [0.25, 0.3) is 0 Å². The van der Waals surface area contributed by atoms with Gasteiger partial charge in [0, 0.05) is 18.2 Å². The Kier molecular flexibility index (Phi) is 10.8. The Morgan fingerprint density at radius 3 is 1.63 bits per heavy atom. The first-order valence-electron chi connectivity index (χ1n) is 15.8. The first-order chi connectivity index (χ1) is 23.9. The summed E-state index contributed by atoms with van der Waals surface area (Å²) in [5.41, 5.74) is 3.89. The van der Waals surface area contributed by atoms with Crippen LogP contribution in [0.15, 0.2) is 35.6 Å². The lowest BCUT2D eigenvalue weighted by atomic mass is 9.92. The van der Waals surface area contributed by atoms with Gasteiger partial charge in [-0.25, -0.2) is 14.4 Å². The number of carboxylic acid groups (broad SMARTS) is 1. The molecule has 268 valence electrons. The van der Waals surface area contributed by atoms with Crippen LogP contribution in [0.1, 0.15) is 82.5 Å². The Hall–Kier alpha value is -5.91. The Balaban J connectivity index is 1.64. The van der Waals surface area contributed by atoms with Gasteiger partial charge in [-0.05, 0) is 118 Å². The smallest absolute Gasteiger partial charge is 0.347 e. The minimum Gasteiger partial charge on any atom is -0.507 e. The second kappa shape index (κ2) is 14.5. The number of esters is 3. The van der Waals surface area contributed by atoms with E-state index in [9.17, 15) is 34.2 Å². The molecule has 3 aromatic rings. The number of ketones is 1. The molecule has 1 atom stereocenters. The zero-order valence-corrected chi connectivity index (χ0v) is 30.4. The van der Waals surface area contributed by atoms with Gasteiger partial charge in [0.05, 0.1) is 19.8 Å². The number of phenolic OH excluding ortho intramolecular Hbond substituents is 1. The highest BCUT2D eigenvalue weighted by Crippen LogP contribution is 2.39. The molecule has 0 saturated carbocycles. The third-order valence-corrected chi connectivity index (χ3v) is 9.52. The Bertz CT molecular complexity index is 2070. The molecule has 0 aromatic heterocycles. The van der Waals surface area contributed by atoms with Crippen LogP contribution in [0.5, 0.6) is 28.7 Å². The minimum absolute atomic E-state index is 0.00303. The van der Waals surface area contributed by atoms with E-state index in [1.54, 1.807) is 62.3 Å². The zero-order chi connectivity index (χ0) is 38.2. The molecule has 4 rings (SSSR count). The fraction of sp³-hybridized carbons (Fsp3) is 0.308. The van der Waals surface area contributed by atoms with Crippen molar-refractivity contribution < 1.29 is 57.9 Å². The largest absolute Gasteiger partial charge is 0.507 e. The van der Waals surface area contributed by atoms with Crippen LogP contribution in [-0.4, -0.2) is 54.1 Å². The lowest BCUT2D eigenvalue weighted by Gasteiger charge is -2.22. The second-order valence-corrected chi connectivity index (χ2v) is 12.4. The van der Waals surface area contributed by atoms with Gasteiger partial charge in [-0.2, -0.15) is 0 Å². The van der Waals surface area contributed by atoms with Crippen LogP contribution >= 0.6 is 0 Å². The minimum atomic E-state index is -1.08. The molecule has 2 N–H and O–H groups in total. The summed E-state index contributed by atoms with van der Waals surface area (Å²) in [6, 6.07) is 2.50. The number of benzene rings is 3. The van der Waals surface area contributed by atoms with Crippen molar-refractivity contribution in [1.82, 2.24) is 0 Å². The molecule has 0 heterocycles. The van der Waals surface area contributed by atoms with Crippen LogP contribution in [0.3, 0.4) is 0 Å². The fourth-order valence-corrected chi connectivity index (χ4v) is 6.10. The summed E-state index contributed by atoms with van der Waals surface area (Å²) in [6.45, 7) is 14.7. The van der Waals surface area contributed by atoms with Crippen LogP contribution < -0.4 is 18.9 Å². The molecular weight excluding hydrogens is 660 g/mol. The van der Waals surface area contributed by atoms with Crippen molar-refractivity contribution in [1.29, 1.82) is 0 Å².